The molecule has 8 heteroatoms. The smallest absolute Gasteiger partial charge is 0.250 e. The Bertz CT molecular complexity index is 1190. The molecule has 1 spiro atoms. The van der Waals surface area contributed by atoms with E-state index in [9.17, 15) is 14.4 Å². The molecule has 6 rings (SSSR count). The number of imide groups is 1. The molecule has 4 aliphatic rings. The second-order valence-corrected chi connectivity index (χ2v) is 9.87. The zero-order valence-electron chi connectivity index (χ0n) is 17.4. The molecular weight excluding hydrogens is 449 g/mol. The Morgan fingerprint density at radius 1 is 1.06 bits per heavy atom. The van der Waals surface area contributed by atoms with Gasteiger partial charge in [-0.3, -0.25) is 19.3 Å². The highest BCUT2D eigenvalue weighted by molar-refractivity contribution is 6.36. The van der Waals surface area contributed by atoms with Gasteiger partial charge < -0.3 is 5.32 Å². The van der Waals surface area contributed by atoms with E-state index in [0.717, 1.165) is 36.1 Å². The molecule has 0 aromatic heterocycles. The van der Waals surface area contributed by atoms with Crippen LogP contribution in [0.5, 0.6) is 0 Å². The number of benzene rings is 2. The van der Waals surface area contributed by atoms with Crippen LogP contribution in [0.25, 0.3) is 0 Å². The van der Waals surface area contributed by atoms with Crippen LogP contribution < -0.4 is 10.2 Å². The van der Waals surface area contributed by atoms with Crippen molar-refractivity contribution in [3.63, 3.8) is 0 Å². The Morgan fingerprint density at radius 3 is 2.53 bits per heavy atom. The molecule has 4 atom stereocenters. The number of carbonyl (C=O) groups is 3. The van der Waals surface area contributed by atoms with Crippen molar-refractivity contribution in [2.45, 2.75) is 37.8 Å². The van der Waals surface area contributed by atoms with Gasteiger partial charge in [0.2, 0.25) is 17.7 Å². The Labute approximate surface area is 195 Å². The van der Waals surface area contributed by atoms with Crippen LogP contribution in [0, 0.1) is 11.8 Å². The molecule has 1 N–H and O–H groups in total. The highest BCUT2D eigenvalue weighted by Gasteiger charge is 2.74. The molecule has 6 nitrogen and oxygen atoms in total. The molecule has 3 saturated heterocycles. The van der Waals surface area contributed by atoms with Crippen LogP contribution in [0.4, 0.5) is 11.4 Å². The fraction of sp³-hybridized carbons (Fsp3) is 0.375. The van der Waals surface area contributed by atoms with Gasteiger partial charge in [-0.15, -0.1) is 0 Å². The summed E-state index contributed by atoms with van der Waals surface area (Å²) in [4.78, 5) is 44.6. The quantitative estimate of drug-likeness (QED) is 0.675. The minimum absolute atomic E-state index is 0.155. The van der Waals surface area contributed by atoms with Crippen molar-refractivity contribution in [1.82, 2.24) is 4.90 Å². The van der Waals surface area contributed by atoms with E-state index in [-0.39, 0.29) is 23.8 Å². The number of rotatable bonds is 2. The summed E-state index contributed by atoms with van der Waals surface area (Å²) in [6.45, 7) is 2.74. The average Bonchev–Trinajstić information content (AvgIpc) is 3.45. The van der Waals surface area contributed by atoms with Crippen LogP contribution in [-0.4, -0.2) is 35.2 Å². The van der Waals surface area contributed by atoms with Crippen LogP contribution in [0.1, 0.15) is 30.9 Å². The first-order valence-electron chi connectivity index (χ1n) is 10.9. The van der Waals surface area contributed by atoms with Crippen molar-refractivity contribution >= 4 is 52.3 Å². The SMILES string of the molecule is CCc1ccc2c(c1)[C@]1(C(=O)N2)[C@@H]2C(=O)N(c3cc(Cl)cc(Cl)c3)C(=O)[C@H]2[C@@H]2CCCN21. The van der Waals surface area contributed by atoms with E-state index in [2.05, 4.69) is 17.1 Å². The molecule has 4 aliphatic heterocycles. The van der Waals surface area contributed by atoms with Gasteiger partial charge in [-0.25, -0.2) is 4.90 Å². The number of nitrogens with zero attached hydrogens (tertiary/aromatic N) is 2. The topological polar surface area (TPSA) is 69.7 Å². The highest BCUT2D eigenvalue weighted by atomic mass is 35.5. The number of halogens is 2. The third-order valence-electron chi connectivity index (χ3n) is 7.57. The van der Waals surface area contributed by atoms with Crippen molar-refractivity contribution in [3.05, 3.63) is 57.6 Å². The second-order valence-electron chi connectivity index (χ2n) is 9.00. The lowest BCUT2D eigenvalue weighted by molar-refractivity contribution is -0.135. The number of anilines is 2. The average molecular weight is 470 g/mol. The number of hydrogen-bond acceptors (Lipinski definition) is 4. The van der Waals surface area contributed by atoms with E-state index < -0.39 is 17.4 Å². The van der Waals surface area contributed by atoms with Gasteiger partial charge in [0.15, 0.2) is 0 Å². The molecular formula is C24H21Cl2N3O3. The normalized spacial score (nSPS) is 30.8. The highest BCUT2D eigenvalue weighted by Crippen LogP contribution is 2.60. The molecule has 0 saturated carbocycles. The second kappa shape index (κ2) is 6.80. The number of aryl methyl sites for hydroxylation is 1. The predicted octanol–water partition coefficient (Wildman–Crippen LogP) is 3.99. The molecule has 3 amide bonds. The maximum absolute atomic E-state index is 13.9. The van der Waals surface area contributed by atoms with Crippen molar-refractivity contribution in [1.29, 1.82) is 0 Å². The lowest BCUT2D eigenvalue weighted by Crippen LogP contribution is -2.54. The molecule has 0 aliphatic carbocycles. The zero-order valence-corrected chi connectivity index (χ0v) is 18.9. The predicted molar refractivity (Wildman–Crippen MR) is 122 cm³/mol. The van der Waals surface area contributed by atoms with Gasteiger partial charge in [-0.1, -0.05) is 42.3 Å². The van der Waals surface area contributed by atoms with Gasteiger partial charge in [0, 0.05) is 27.3 Å². The summed E-state index contributed by atoms with van der Waals surface area (Å²) in [7, 11) is 0. The Kier molecular flexibility index (Phi) is 4.29. The summed E-state index contributed by atoms with van der Waals surface area (Å²) >= 11 is 12.3. The zero-order chi connectivity index (χ0) is 22.4. The number of carbonyl (C=O) groups excluding carboxylic acids is 3. The Morgan fingerprint density at radius 2 is 1.81 bits per heavy atom. The van der Waals surface area contributed by atoms with E-state index in [1.807, 2.05) is 18.2 Å². The summed E-state index contributed by atoms with van der Waals surface area (Å²) in [5.41, 5.74) is 1.81. The fourth-order valence-electron chi connectivity index (χ4n) is 6.39. The standard InChI is InChI=1S/C24H21Cl2N3O3/c1-2-12-5-6-17-16(8-12)24(23(32)27-17)20-19(18-4-3-7-28(18)24)21(30)29(22(20)31)15-10-13(25)9-14(26)11-15/h5-6,8-11,18-20H,2-4,7H2,1H3,(H,27,32)/t18-,19-,20-,24+/m0/s1. The van der Waals surface area contributed by atoms with Gasteiger partial charge >= 0.3 is 0 Å². The summed E-state index contributed by atoms with van der Waals surface area (Å²) in [5, 5.41) is 3.70. The Hall–Kier alpha value is -2.41. The minimum atomic E-state index is -1.17. The van der Waals surface area contributed by atoms with E-state index in [1.165, 1.54) is 4.90 Å². The molecule has 164 valence electrons. The molecule has 0 unspecified atom stereocenters. The lowest BCUT2D eigenvalue weighted by Gasteiger charge is -2.36. The monoisotopic (exact) mass is 469 g/mol. The molecule has 32 heavy (non-hydrogen) atoms. The first-order valence-corrected chi connectivity index (χ1v) is 11.7. The summed E-state index contributed by atoms with van der Waals surface area (Å²) < 4.78 is 0. The van der Waals surface area contributed by atoms with Crippen molar-refractivity contribution in [2.75, 3.05) is 16.8 Å². The molecule has 0 bridgehead atoms. The molecule has 4 heterocycles. The van der Waals surface area contributed by atoms with E-state index in [1.54, 1.807) is 18.2 Å². The summed E-state index contributed by atoms with van der Waals surface area (Å²) in [6, 6.07) is 10.5. The molecule has 0 radical (unpaired) electrons. The van der Waals surface area contributed by atoms with E-state index >= 15 is 0 Å². The van der Waals surface area contributed by atoms with Crippen molar-refractivity contribution < 1.29 is 14.4 Å². The van der Waals surface area contributed by atoms with Gasteiger partial charge in [-0.05, 0) is 55.6 Å². The van der Waals surface area contributed by atoms with Crippen LogP contribution in [0.15, 0.2) is 36.4 Å². The third kappa shape index (κ3) is 2.38. The lowest BCUT2D eigenvalue weighted by atomic mass is 9.75. The molecule has 2 aromatic carbocycles. The number of nitrogens with one attached hydrogen (secondary N) is 1. The number of amides is 3. The van der Waals surface area contributed by atoms with Gasteiger partial charge in [-0.2, -0.15) is 0 Å². The summed E-state index contributed by atoms with van der Waals surface area (Å²) in [5.74, 6) is -2.22. The van der Waals surface area contributed by atoms with Crippen molar-refractivity contribution in [2.24, 2.45) is 11.8 Å². The van der Waals surface area contributed by atoms with Gasteiger partial charge in [0.25, 0.3) is 0 Å². The largest absolute Gasteiger partial charge is 0.324 e. The summed E-state index contributed by atoms with van der Waals surface area (Å²) in [6.07, 6.45) is 2.48. The maximum atomic E-state index is 13.9. The number of fused-ring (bicyclic) bond motifs is 7. The minimum Gasteiger partial charge on any atom is -0.324 e. The molecule has 2 aromatic rings. The van der Waals surface area contributed by atoms with Crippen LogP contribution in [0.3, 0.4) is 0 Å². The van der Waals surface area contributed by atoms with E-state index in [0.29, 0.717) is 22.3 Å². The van der Waals surface area contributed by atoms with Crippen LogP contribution >= 0.6 is 23.2 Å². The number of hydrogen-bond donors (Lipinski definition) is 1. The van der Waals surface area contributed by atoms with Crippen LogP contribution in [0.2, 0.25) is 10.0 Å². The third-order valence-corrected chi connectivity index (χ3v) is 8.01. The maximum Gasteiger partial charge on any atom is 0.250 e. The van der Waals surface area contributed by atoms with Crippen LogP contribution in [-0.2, 0) is 26.3 Å². The fourth-order valence-corrected chi connectivity index (χ4v) is 6.91. The van der Waals surface area contributed by atoms with Gasteiger partial charge in [0.1, 0.15) is 5.54 Å². The van der Waals surface area contributed by atoms with Gasteiger partial charge in [0.05, 0.1) is 17.5 Å². The van der Waals surface area contributed by atoms with E-state index in [4.69, 9.17) is 23.2 Å². The first-order chi connectivity index (χ1) is 15.4. The molecule has 3 fully saturated rings. The Balaban J connectivity index is 1.56. The van der Waals surface area contributed by atoms with Crippen molar-refractivity contribution in [3.8, 4) is 0 Å². The first kappa shape index (κ1) is 20.2.